The maximum Gasteiger partial charge on any atom is 0.315 e. The standard InChI is InChI=1S/C48H76O18/c1-22-30(52)32(54)35(57)40(62-22)65-38-25(19-49)63-39(37(59)34(38)56)61-20-26-31(53)33(55)36(58)41(64-26)66-42(60)48-16-14-43(2,3)18-24(48)23-8-9-28-44(4)12-11-29(51)45(5,21-50)27(44)10-13-47(28,7)46(23,6)15-17-48/h8,22,24-28,30-41,49-50,52-59H,9-21H2,1-7H3. The first kappa shape index (κ1) is 50.7. The Labute approximate surface area is 386 Å². The summed E-state index contributed by atoms with van der Waals surface area (Å²) < 4.78 is 34.7. The van der Waals surface area contributed by atoms with Crippen molar-refractivity contribution in [1.29, 1.82) is 0 Å². The highest BCUT2D eigenvalue weighted by molar-refractivity contribution is 5.86. The minimum Gasteiger partial charge on any atom is -0.432 e. The third-order valence-electron chi connectivity index (χ3n) is 19.2. The van der Waals surface area contributed by atoms with Gasteiger partial charge in [0.25, 0.3) is 0 Å². The van der Waals surface area contributed by atoms with Crippen LogP contribution in [-0.2, 0) is 38.0 Å². The second-order valence-electron chi connectivity index (χ2n) is 23.1. The number of rotatable bonds is 9. The van der Waals surface area contributed by atoms with E-state index in [0.717, 1.165) is 38.5 Å². The summed E-state index contributed by atoms with van der Waals surface area (Å²) in [6.07, 6.45) is -14.9. The first-order valence-electron chi connectivity index (χ1n) is 24.2. The first-order valence-corrected chi connectivity index (χ1v) is 24.2. The van der Waals surface area contributed by atoms with E-state index in [4.69, 9.17) is 28.4 Å². The van der Waals surface area contributed by atoms with Gasteiger partial charge in [-0.2, -0.15) is 0 Å². The van der Waals surface area contributed by atoms with Crippen LogP contribution >= 0.6 is 0 Å². The molecule has 66 heavy (non-hydrogen) atoms. The average Bonchev–Trinajstić information content (AvgIpc) is 3.27. The third kappa shape index (κ3) is 7.79. The fourth-order valence-corrected chi connectivity index (χ4v) is 14.6. The summed E-state index contributed by atoms with van der Waals surface area (Å²) in [4.78, 5) is 28.3. The van der Waals surface area contributed by atoms with Crippen molar-refractivity contribution in [3.63, 3.8) is 0 Å². The lowest BCUT2D eigenvalue weighted by Crippen LogP contribution is -2.66. The highest BCUT2D eigenvalue weighted by Gasteiger charge is 2.70. The minimum absolute atomic E-state index is 0.0655. The maximum absolute atomic E-state index is 15.0. The van der Waals surface area contributed by atoms with Gasteiger partial charge in [0.1, 0.15) is 72.9 Å². The van der Waals surface area contributed by atoms with Crippen LogP contribution < -0.4 is 0 Å². The summed E-state index contributed by atoms with van der Waals surface area (Å²) >= 11 is 0. The summed E-state index contributed by atoms with van der Waals surface area (Å²) in [6.45, 7) is 13.4. The second kappa shape index (κ2) is 17.8. The molecule has 0 spiro atoms. The number of allylic oxidation sites excluding steroid dienone is 2. The van der Waals surface area contributed by atoms with Gasteiger partial charge >= 0.3 is 5.97 Å². The zero-order valence-electron chi connectivity index (χ0n) is 39.4. The van der Waals surface area contributed by atoms with Crippen molar-refractivity contribution in [3.8, 4) is 0 Å². The molecular formula is C48H76O18. The normalized spacial score (nSPS) is 53.7. The van der Waals surface area contributed by atoms with Gasteiger partial charge in [0, 0.05) is 6.42 Å². The molecule has 23 unspecified atom stereocenters. The van der Waals surface area contributed by atoms with Crippen molar-refractivity contribution in [2.75, 3.05) is 19.8 Å². The molecule has 0 aromatic heterocycles. The lowest BCUT2D eigenvalue weighted by Gasteiger charge is -2.70. The van der Waals surface area contributed by atoms with Gasteiger partial charge in [-0.1, -0.05) is 53.2 Å². The summed E-state index contributed by atoms with van der Waals surface area (Å²) in [6, 6.07) is 0. The largest absolute Gasteiger partial charge is 0.432 e. The van der Waals surface area contributed by atoms with Gasteiger partial charge in [-0.05, 0) is 104 Å². The molecule has 23 atom stereocenters. The van der Waals surface area contributed by atoms with Crippen molar-refractivity contribution in [3.05, 3.63) is 11.6 Å². The smallest absolute Gasteiger partial charge is 0.315 e. The number of carbonyl (C=O) groups is 2. The number of ether oxygens (including phenoxy) is 6. The Morgan fingerprint density at radius 2 is 1.35 bits per heavy atom. The van der Waals surface area contributed by atoms with Crippen LogP contribution in [0.1, 0.15) is 113 Å². The Bertz CT molecular complexity index is 1840. The number of Topliss-reactive ketones (excluding diaryl/α,β-unsaturated/α-hetero) is 1. The molecule has 0 bridgehead atoms. The number of ketones is 1. The van der Waals surface area contributed by atoms with Crippen LogP contribution in [0.15, 0.2) is 11.6 Å². The van der Waals surface area contributed by atoms with Crippen LogP contribution in [-0.4, -0.2) is 175 Å². The van der Waals surface area contributed by atoms with Gasteiger partial charge in [0.15, 0.2) is 12.6 Å². The molecule has 0 radical (unpaired) electrons. The van der Waals surface area contributed by atoms with Crippen LogP contribution in [0.5, 0.6) is 0 Å². The van der Waals surface area contributed by atoms with E-state index in [1.165, 1.54) is 12.5 Å². The molecule has 8 rings (SSSR count). The number of aliphatic hydroxyl groups is 10. The zero-order valence-corrected chi connectivity index (χ0v) is 39.4. The molecule has 10 N–H and O–H groups in total. The SMILES string of the molecule is CC1OC(OC2C(CO)OC(OCC3OC(OC(=O)C45CCC(C)(C)CC4C4=CCC6C7(C)CCC(=O)C(C)(CO)C7CCC6(C)C4(C)CC5)C(O)C(O)C3O)C(O)C2O)C(O)C(O)C1O. The Hall–Kier alpha value is -1.72. The Morgan fingerprint density at radius 3 is 2.03 bits per heavy atom. The highest BCUT2D eigenvalue weighted by atomic mass is 16.8. The van der Waals surface area contributed by atoms with E-state index < -0.39 is 122 Å². The molecule has 8 aliphatic rings. The molecule has 0 aromatic carbocycles. The predicted molar refractivity (Wildman–Crippen MR) is 229 cm³/mol. The Kier molecular flexibility index (Phi) is 13.7. The summed E-state index contributed by atoms with van der Waals surface area (Å²) in [5.41, 5.74) is -1.18. The fourth-order valence-electron chi connectivity index (χ4n) is 14.6. The van der Waals surface area contributed by atoms with E-state index >= 15 is 0 Å². The summed E-state index contributed by atoms with van der Waals surface area (Å²) in [7, 11) is 0. The molecule has 3 aliphatic heterocycles. The number of hydrogen-bond donors (Lipinski definition) is 10. The van der Waals surface area contributed by atoms with Gasteiger partial charge in [-0.15, -0.1) is 0 Å². The quantitative estimate of drug-likeness (QED) is 0.110. The molecule has 18 nitrogen and oxygen atoms in total. The van der Waals surface area contributed by atoms with Crippen LogP contribution in [0.2, 0.25) is 0 Å². The van der Waals surface area contributed by atoms with E-state index in [2.05, 4.69) is 40.7 Å². The molecule has 376 valence electrons. The van der Waals surface area contributed by atoms with Crippen LogP contribution in [0.4, 0.5) is 0 Å². The van der Waals surface area contributed by atoms with Crippen LogP contribution in [0, 0.1) is 50.2 Å². The van der Waals surface area contributed by atoms with Crippen molar-refractivity contribution in [2.45, 2.75) is 205 Å². The first-order chi connectivity index (χ1) is 30.8. The molecule has 3 heterocycles. The molecule has 5 aliphatic carbocycles. The predicted octanol–water partition coefficient (Wildman–Crippen LogP) is 0.349. The molecule has 0 aromatic rings. The monoisotopic (exact) mass is 941 g/mol. The lowest BCUT2D eigenvalue weighted by molar-refractivity contribution is -0.361. The minimum atomic E-state index is -1.85. The Morgan fingerprint density at radius 1 is 0.712 bits per heavy atom. The number of carbonyl (C=O) groups excluding carboxylic acids is 2. The lowest BCUT2D eigenvalue weighted by atomic mass is 9.33. The van der Waals surface area contributed by atoms with Gasteiger partial charge in [0.2, 0.25) is 6.29 Å². The molecule has 7 fully saturated rings. The average molecular weight is 941 g/mol. The fraction of sp³-hybridized carbons (Fsp3) is 0.917. The van der Waals surface area contributed by atoms with Gasteiger partial charge < -0.3 is 79.5 Å². The number of esters is 1. The van der Waals surface area contributed by atoms with E-state index in [1.807, 2.05) is 6.92 Å². The van der Waals surface area contributed by atoms with E-state index in [9.17, 15) is 60.7 Å². The second-order valence-corrected chi connectivity index (χ2v) is 23.1. The highest BCUT2D eigenvalue weighted by Crippen LogP contribution is 2.75. The van der Waals surface area contributed by atoms with Crippen molar-refractivity contribution >= 4 is 11.8 Å². The third-order valence-corrected chi connectivity index (χ3v) is 19.2. The summed E-state index contributed by atoms with van der Waals surface area (Å²) in [5.74, 6) is -0.289. The van der Waals surface area contributed by atoms with E-state index in [0.29, 0.717) is 25.7 Å². The van der Waals surface area contributed by atoms with Crippen molar-refractivity contribution in [1.82, 2.24) is 0 Å². The van der Waals surface area contributed by atoms with Crippen molar-refractivity contribution < 1.29 is 89.1 Å². The van der Waals surface area contributed by atoms with E-state index in [1.54, 1.807) is 0 Å². The van der Waals surface area contributed by atoms with Crippen molar-refractivity contribution in [2.24, 2.45) is 50.2 Å². The molecular weight excluding hydrogens is 865 g/mol. The molecule has 3 saturated heterocycles. The van der Waals surface area contributed by atoms with Crippen LogP contribution in [0.25, 0.3) is 0 Å². The summed E-state index contributed by atoms with van der Waals surface area (Å²) in [5, 5.41) is 107. The maximum atomic E-state index is 15.0. The van der Waals surface area contributed by atoms with Gasteiger partial charge in [-0.3, -0.25) is 9.59 Å². The van der Waals surface area contributed by atoms with Gasteiger partial charge in [0.05, 0.1) is 36.8 Å². The Balaban J connectivity index is 0.977. The molecule has 4 saturated carbocycles. The number of hydrogen-bond acceptors (Lipinski definition) is 18. The number of aliphatic hydroxyl groups excluding tert-OH is 10. The van der Waals surface area contributed by atoms with Crippen LogP contribution in [0.3, 0.4) is 0 Å². The zero-order chi connectivity index (χ0) is 48.3. The topological polar surface area (TPSA) is 292 Å². The van der Waals surface area contributed by atoms with E-state index in [-0.39, 0.29) is 51.8 Å². The molecule has 0 amide bonds. The number of fused-ring (bicyclic) bond motifs is 7. The van der Waals surface area contributed by atoms with Gasteiger partial charge in [-0.25, -0.2) is 0 Å². The molecule has 18 heteroatoms.